The summed E-state index contributed by atoms with van der Waals surface area (Å²) in [4.78, 5) is 15.0. The molecule has 0 spiro atoms. The van der Waals surface area contributed by atoms with Crippen LogP contribution in [0, 0.1) is 6.92 Å². The Morgan fingerprint density at radius 3 is 2.50 bits per heavy atom. The quantitative estimate of drug-likeness (QED) is 0.909. The number of alkyl halides is 3. The minimum absolute atomic E-state index is 0.461. The van der Waals surface area contributed by atoms with Crippen molar-refractivity contribution in [1.82, 2.24) is 15.2 Å². The average molecular weight is 314 g/mol. The first-order chi connectivity index (χ1) is 10.3. The van der Waals surface area contributed by atoms with E-state index < -0.39 is 30.0 Å². The second kappa shape index (κ2) is 6.04. The van der Waals surface area contributed by atoms with Crippen LogP contribution in [0.3, 0.4) is 0 Å². The molecule has 0 fully saturated rings. The molecule has 1 atom stereocenters. The van der Waals surface area contributed by atoms with Gasteiger partial charge in [-0.2, -0.15) is 18.2 Å². The van der Waals surface area contributed by atoms with E-state index in [1.54, 1.807) is 17.2 Å². The fourth-order valence-corrected chi connectivity index (χ4v) is 1.53. The van der Waals surface area contributed by atoms with Crippen molar-refractivity contribution < 1.29 is 22.7 Å². The van der Waals surface area contributed by atoms with Crippen LogP contribution in [0.4, 0.5) is 19.1 Å². The van der Waals surface area contributed by atoms with Crippen LogP contribution in [0.1, 0.15) is 18.3 Å². The maximum Gasteiger partial charge on any atom is 0.451 e. The van der Waals surface area contributed by atoms with Crippen LogP contribution in [0.5, 0.6) is 5.75 Å². The summed E-state index contributed by atoms with van der Waals surface area (Å²) < 4.78 is 42.4. The van der Waals surface area contributed by atoms with E-state index in [0.29, 0.717) is 5.75 Å². The lowest BCUT2D eigenvalue weighted by molar-refractivity contribution is -0.144. The molecular weight excluding hydrogens is 301 g/mol. The van der Waals surface area contributed by atoms with Gasteiger partial charge in [-0.05, 0) is 26.0 Å². The van der Waals surface area contributed by atoms with Gasteiger partial charge in [-0.1, -0.05) is 17.7 Å². The molecule has 118 valence electrons. The van der Waals surface area contributed by atoms with Gasteiger partial charge in [0.25, 0.3) is 5.91 Å². The van der Waals surface area contributed by atoms with E-state index in [1.807, 2.05) is 19.1 Å². The molecule has 0 unspecified atom stereocenters. The molecule has 0 saturated carbocycles. The Bertz CT molecular complexity index is 652. The van der Waals surface area contributed by atoms with E-state index in [-0.39, 0.29) is 0 Å². The Morgan fingerprint density at radius 1 is 1.32 bits per heavy atom. The third-order valence-corrected chi connectivity index (χ3v) is 2.69. The number of aryl methyl sites for hydroxylation is 1. The smallest absolute Gasteiger partial charge is 0.451 e. The zero-order valence-corrected chi connectivity index (χ0v) is 11.7. The first-order valence-electron chi connectivity index (χ1n) is 6.29. The summed E-state index contributed by atoms with van der Waals surface area (Å²) in [6, 6.07) is 7.00. The second-order valence-electron chi connectivity index (χ2n) is 4.57. The molecule has 6 nitrogen and oxygen atoms in total. The lowest BCUT2D eigenvalue weighted by Gasteiger charge is -2.13. The van der Waals surface area contributed by atoms with Crippen LogP contribution in [0.15, 0.2) is 24.3 Å². The Labute approximate surface area is 123 Å². The standard InChI is InChI=1S/C13H13F3N4O2/c1-7-3-5-9(6-4-7)22-8(2)10(21)17-12-18-11(19-20-12)13(14,15)16/h3-6,8H,1-2H3,(H2,17,18,19,20,21)/t8-/m0/s1. The SMILES string of the molecule is Cc1ccc(O[C@@H](C)C(=O)Nc2n[nH]c(C(F)(F)F)n2)cc1. The number of aromatic amines is 1. The fraction of sp³-hybridized carbons (Fsp3) is 0.308. The molecule has 9 heteroatoms. The monoisotopic (exact) mass is 314 g/mol. The Hall–Kier alpha value is -2.58. The zero-order chi connectivity index (χ0) is 16.3. The number of H-pyrrole nitrogens is 1. The minimum Gasteiger partial charge on any atom is -0.481 e. The zero-order valence-electron chi connectivity index (χ0n) is 11.7. The number of hydrogen-bond donors (Lipinski definition) is 2. The highest BCUT2D eigenvalue weighted by Gasteiger charge is 2.35. The third-order valence-electron chi connectivity index (χ3n) is 2.69. The van der Waals surface area contributed by atoms with Crippen molar-refractivity contribution in [2.75, 3.05) is 5.32 Å². The van der Waals surface area contributed by atoms with E-state index in [0.717, 1.165) is 5.56 Å². The number of nitrogens with one attached hydrogen (secondary N) is 2. The number of rotatable bonds is 4. The Balaban J connectivity index is 1.96. The van der Waals surface area contributed by atoms with Crippen molar-refractivity contribution in [3.63, 3.8) is 0 Å². The number of carbonyl (C=O) groups is 1. The van der Waals surface area contributed by atoms with Crippen LogP contribution in [0.25, 0.3) is 0 Å². The van der Waals surface area contributed by atoms with E-state index in [4.69, 9.17) is 4.74 Å². The van der Waals surface area contributed by atoms with E-state index in [1.165, 1.54) is 6.92 Å². The number of aromatic nitrogens is 3. The molecule has 2 aromatic rings. The maximum atomic E-state index is 12.3. The summed E-state index contributed by atoms with van der Waals surface area (Å²) in [5.74, 6) is -1.93. The predicted molar refractivity (Wildman–Crippen MR) is 71.3 cm³/mol. The van der Waals surface area contributed by atoms with Crippen molar-refractivity contribution in [2.24, 2.45) is 0 Å². The van der Waals surface area contributed by atoms with Crippen LogP contribution >= 0.6 is 0 Å². The first-order valence-corrected chi connectivity index (χ1v) is 6.29. The highest BCUT2D eigenvalue weighted by molar-refractivity contribution is 5.92. The second-order valence-corrected chi connectivity index (χ2v) is 4.57. The number of nitrogens with zero attached hydrogens (tertiary/aromatic N) is 2. The van der Waals surface area contributed by atoms with E-state index >= 15 is 0 Å². The number of hydrogen-bond acceptors (Lipinski definition) is 4. The van der Waals surface area contributed by atoms with E-state index in [9.17, 15) is 18.0 Å². The van der Waals surface area contributed by atoms with Crippen LogP contribution < -0.4 is 10.1 Å². The van der Waals surface area contributed by atoms with Gasteiger partial charge in [0.1, 0.15) is 5.75 Å². The third kappa shape index (κ3) is 3.96. The summed E-state index contributed by atoms with van der Waals surface area (Å²) in [5.41, 5.74) is 1.03. The minimum atomic E-state index is -4.65. The first kappa shape index (κ1) is 15.8. The normalized spacial score (nSPS) is 12.8. The van der Waals surface area contributed by atoms with E-state index in [2.05, 4.69) is 15.4 Å². The van der Waals surface area contributed by atoms with Gasteiger partial charge in [0.2, 0.25) is 11.8 Å². The summed E-state index contributed by atoms with van der Waals surface area (Å²) >= 11 is 0. The van der Waals surface area contributed by atoms with Gasteiger partial charge in [0.05, 0.1) is 0 Å². The van der Waals surface area contributed by atoms with Gasteiger partial charge in [-0.15, -0.1) is 5.10 Å². The number of anilines is 1. The van der Waals surface area contributed by atoms with Gasteiger partial charge in [-0.25, -0.2) is 0 Å². The van der Waals surface area contributed by atoms with Gasteiger partial charge >= 0.3 is 6.18 Å². The molecule has 1 aromatic carbocycles. The fourth-order valence-electron chi connectivity index (χ4n) is 1.53. The van der Waals surface area contributed by atoms with Crippen LogP contribution in [-0.2, 0) is 11.0 Å². The summed E-state index contributed by atoms with van der Waals surface area (Å²) in [6.45, 7) is 3.37. The number of ether oxygens (including phenoxy) is 1. The molecule has 0 saturated heterocycles. The van der Waals surface area contributed by atoms with Gasteiger partial charge in [0, 0.05) is 0 Å². The molecule has 0 aliphatic rings. The highest BCUT2D eigenvalue weighted by atomic mass is 19.4. The molecule has 2 rings (SSSR count). The van der Waals surface area contributed by atoms with Gasteiger partial charge < -0.3 is 4.74 Å². The lowest BCUT2D eigenvalue weighted by atomic mass is 10.2. The van der Waals surface area contributed by atoms with Crippen molar-refractivity contribution in [3.05, 3.63) is 35.7 Å². The summed E-state index contributed by atoms with van der Waals surface area (Å²) in [6.07, 6.45) is -5.57. The molecule has 0 aliphatic heterocycles. The van der Waals surface area contributed by atoms with Crippen molar-refractivity contribution in [2.45, 2.75) is 26.1 Å². The molecule has 1 heterocycles. The predicted octanol–water partition coefficient (Wildman–Crippen LogP) is 2.54. The molecular formula is C13H13F3N4O2. The summed E-state index contributed by atoms with van der Waals surface area (Å²) in [7, 11) is 0. The highest BCUT2D eigenvalue weighted by Crippen LogP contribution is 2.26. The molecule has 0 aliphatic carbocycles. The maximum absolute atomic E-state index is 12.3. The number of carbonyl (C=O) groups excluding carboxylic acids is 1. The number of halogens is 3. The molecule has 1 aromatic heterocycles. The topological polar surface area (TPSA) is 79.9 Å². The van der Waals surface area contributed by atoms with Gasteiger partial charge in [-0.3, -0.25) is 15.2 Å². The number of amides is 1. The van der Waals surface area contributed by atoms with Crippen molar-refractivity contribution in [1.29, 1.82) is 0 Å². The molecule has 0 radical (unpaired) electrons. The van der Waals surface area contributed by atoms with Crippen LogP contribution in [-0.4, -0.2) is 27.2 Å². The lowest BCUT2D eigenvalue weighted by Crippen LogP contribution is -2.30. The molecule has 22 heavy (non-hydrogen) atoms. The Morgan fingerprint density at radius 2 is 1.95 bits per heavy atom. The number of benzene rings is 1. The molecule has 0 bridgehead atoms. The summed E-state index contributed by atoms with van der Waals surface area (Å²) in [5, 5.41) is 7.13. The van der Waals surface area contributed by atoms with Crippen molar-refractivity contribution in [3.8, 4) is 5.75 Å². The van der Waals surface area contributed by atoms with Crippen LogP contribution in [0.2, 0.25) is 0 Å². The van der Waals surface area contributed by atoms with Crippen molar-refractivity contribution >= 4 is 11.9 Å². The molecule has 1 amide bonds. The van der Waals surface area contributed by atoms with Gasteiger partial charge in [0.15, 0.2) is 6.10 Å². The largest absolute Gasteiger partial charge is 0.481 e. The Kier molecular flexibility index (Phi) is 4.34. The average Bonchev–Trinajstić information content (AvgIpc) is 2.90. The molecule has 2 N–H and O–H groups in total.